The van der Waals surface area contributed by atoms with Gasteiger partial charge < -0.3 is 10.1 Å². The zero-order chi connectivity index (χ0) is 23.1. The van der Waals surface area contributed by atoms with Gasteiger partial charge in [0, 0.05) is 10.9 Å². The molecule has 1 atom stereocenters. The van der Waals surface area contributed by atoms with E-state index in [1.165, 1.54) is 30.4 Å². The monoisotopic (exact) mass is 461 g/mol. The van der Waals surface area contributed by atoms with E-state index in [-0.39, 0.29) is 12.1 Å². The predicted molar refractivity (Wildman–Crippen MR) is 112 cm³/mol. The van der Waals surface area contributed by atoms with Gasteiger partial charge in [0.1, 0.15) is 16.3 Å². The lowest BCUT2D eigenvalue weighted by Gasteiger charge is -2.23. The molecule has 1 unspecified atom stereocenters. The number of alkyl halides is 3. The summed E-state index contributed by atoms with van der Waals surface area (Å²) in [4.78, 5) is 31.1. The average Bonchev–Trinajstić information content (AvgIpc) is 3.32. The van der Waals surface area contributed by atoms with Gasteiger partial charge in [-0.05, 0) is 36.8 Å². The quantitative estimate of drug-likeness (QED) is 0.554. The lowest BCUT2D eigenvalue weighted by Crippen LogP contribution is -2.41. The van der Waals surface area contributed by atoms with E-state index in [1.807, 2.05) is 18.2 Å². The second-order valence-corrected chi connectivity index (χ2v) is 8.26. The number of thiazole rings is 1. The number of rotatable bonds is 5. The molecule has 3 aromatic rings. The molecule has 2 heterocycles. The predicted octanol–water partition coefficient (Wildman–Crippen LogP) is 4.80. The zero-order valence-electron chi connectivity index (χ0n) is 17.1. The summed E-state index contributed by atoms with van der Waals surface area (Å²) in [6.07, 6.45) is -4.56. The molecule has 0 bridgehead atoms. The van der Waals surface area contributed by atoms with Crippen molar-refractivity contribution in [1.82, 2.24) is 15.2 Å². The standard InChI is InChI=1S/C22H18F3N3O3S/c1-21(14-6-4-7-15(10-14)22(23,24)25)19(29)28(20(30)27-21)11-16-12-32-18(26-16)13-5-3-8-17(9-13)31-2/h3-10,12H,11H2,1-2H3,(H,27,30). The molecule has 1 N–H and O–H groups in total. The maximum Gasteiger partial charge on any atom is 0.416 e. The van der Waals surface area contributed by atoms with Gasteiger partial charge in [-0.15, -0.1) is 11.3 Å². The van der Waals surface area contributed by atoms with Gasteiger partial charge in [-0.3, -0.25) is 9.69 Å². The molecule has 4 rings (SSSR count). The Balaban J connectivity index is 1.57. The van der Waals surface area contributed by atoms with Crippen LogP contribution in [0.25, 0.3) is 10.6 Å². The van der Waals surface area contributed by atoms with Crippen molar-refractivity contribution in [3.63, 3.8) is 0 Å². The van der Waals surface area contributed by atoms with Crippen LogP contribution in [0, 0.1) is 0 Å². The number of nitrogens with zero attached hydrogens (tertiary/aromatic N) is 2. The number of imide groups is 1. The molecule has 10 heteroatoms. The Morgan fingerprint density at radius 1 is 1.16 bits per heavy atom. The molecule has 1 aromatic heterocycles. The van der Waals surface area contributed by atoms with Crippen molar-refractivity contribution < 1.29 is 27.5 Å². The van der Waals surface area contributed by atoms with E-state index >= 15 is 0 Å². The largest absolute Gasteiger partial charge is 0.497 e. The van der Waals surface area contributed by atoms with Gasteiger partial charge in [-0.25, -0.2) is 9.78 Å². The first-order chi connectivity index (χ1) is 15.1. The van der Waals surface area contributed by atoms with Crippen LogP contribution in [-0.4, -0.2) is 28.9 Å². The second-order valence-electron chi connectivity index (χ2n) is 7.40. The molecule has 1 aliphatic heterocycles. The highest BCUT2D eigenvalue weighted by Gasteiger charge is 2.49. The topological polar surface area (TPSA) is 71.5 Å². The summed E-state index contributed by atoms with van der Waals surface area (Å²) < 4.78 is 44.5. The lowest BCUT2D eigenvalue weighted by molar-refractivity contribution is -0.138. The zero-order valence-corrected chi connectivity index (χ0v) is 17.9. The number of amides is 3. The van der Waals surface area contributed by atoms with E-state index in [2.05, 4.69) is 10.3 Å². The maximum atomic E-state index is 13.1. The molecule has 3 amide bonds. The minimum atomic E-state index is -4.56. The molecule has 1 saturated heterocycles. The van der Waals surface area contributed by atoms with Crippen molar-refractivity contribution in [3.8, 4) is 16.3 Å². The summed E-state index contributed by atoms with van der Waals surface area (Å²) in [6, 6.07) is 11.0. The summed E-state index contributed by atoms with van der Waals surface area (Å²) >= 11 is 1.35. The SMILES string of the molecule is COc1cccc(-c2nc(CN3C(=O)NC(C)(c4cccc(C(F)(F)F)c4)C3=O)cs2)c1. The minimum absolute atomic E-state index is 0.0588. The average molecular weight is 461 g/mol. The number of nitrogens with one attached hydrogen (secondary N) is 1. The number of benzene rings is 2. The van der Waals surface area contributed by atoms with Crippen LogP contribution in [0.3, 0.4) is 0 Å². The number of hydrogen-bond donors (Lipinski definition) is 1. The second kappa shape index (κ2) is 7.94. The van der Waals surface area contributed by atoms with Crippen LogP contribution in [0.15, 0.2) is 53.9 Å². The molecule has 0 aliphatic carbocycles. The summed E-state index contributed by atoms with van der Waals surface area (Å²) in [5.41, 5.74) is -1.12. The van der Waals surface area contributed by atoms with Crippen LogP contribution in [-0.2, 0) is 23.1 Å². The third-order valence-corrected chi connectivity index (χ3v) is 6.17. The van der Waals surface area contributed by atoms with E-state index in [4.69, 9.17) is 4.74 Å². The number of urea groups is 1. The van der Waals surface area contributed by atoms with Crippen LogP contribution in [0.4, 0.5) is 18.0 Å². The van der Waals surface area contributed by atoms with Gasteiger partial charge in [0.25, 0.3) is 5.91 Å². The van der Waals surface area contributed by atoms with E-state index in [0.29, 0.717) is 16.5 Å². The first kappa shape index (κ1) is 21.8. The van der Waals surface area contributed by atoms with Crippen molar-refractivity contribution in [2.75, 3.05) is 7.11 Å². The molecular formula is C22H18F3N3O3S. The Morgan fingerprint density at radius 2 is 1.91 bits per heavy atom. The third-order valence-electron chi connectivity index (χ3n) is 5.23. The Kier molecular flexibility index (Phi) is 5.41. The van der Waals surface area contributed by atoms with Gasteiger partial charge in [0.05, 0.1) is 24.9 Å². The van der Waals surface area contributed by atoms with E-state index in [0.717, 1.165) is 22.6 Å². The van der Waals surface area contributed by atoms with Gasteiger partial charge >= 0.3 is 12.2 Å². The molecule has 6 nitrogen and oxygen atoms in total. The fraction of sp³-hybridized carbons (Fsp3) is 0.227. The lowest BCUT2D eigenvalue weighted by atomic mass is 9.90. The number of ether oxygens (including phenoxy) is 1. The molecule has 32 heavy (non-hydrogen) atoms. The van der Waals surface area contributed by atoms with Crippen molar-refractivity contribution in [1.29, 1.82) is 0 Å². The Morgan fingerprint density at radius 3 is 2.62 bits per heavy atom. The first-order valence-electron chi connectivity index (χ1n) is 9.52. The summed E-state index contributed by atoms with van der Waals surface area (Å²) in [5.74, 6) is 0.0305. The fourth-order valence-electron chi connectivity index (χ4n) is 3.47. The highest BCUT2D eigenvalue weighted by molar-refractivity contribution is 7.13. The van der Waals surface area contributed by atoms with Crippen LogP contribution in [0.1, 0.15) is 23.7 Å². The number of carbonyl (C=O) groups excluding carboxylic acids is 2. The van der Waals surface area contributed by atoms with Gasteiger partial charge in [0.2, 0.25) is 0 Å². The Bertz CT molecular complexity index is 1190. The van der Waals surface area contributed by atoms with E-state index in [9.17, 15) is 22.8 Å². The summed E-state index contributed by atoms with van der Waals surface area (Å²) in [6.45, 7) is 1.30. The van der Waals surface area contributed by atoms with Gasteiger partial charge in [0.15, 0.2) is 0 Å². The highest BCUT2D eigenvalue weighted by Crippen LogP contribution is 2.35. The number of hydrogen-bond acceptors (Lipinski definition) is 5. The fourth-order valence-corrected chi connectivity index (χ4v) is 4.28. The molecule has 166 valence electrons. The van der Waals surface area contributed by atoms with Crippen molar-refractivity contribution in [2.45, 2.75) is 25.2 Å². The van der Waals surface area contributed by atoms with Crippen LogP contribution < -0.4 is 10.1 Å². The van der Waals surface area contributed by atoms with Crippen LogP contribution in [0.5, 0.6) is 5.75 Å². The number of aromatic nitrogens is 1. The third kappa shape index (κ3) is 3.93. The highest BCUT2D eigenvalue weighted by atomic mass is 32.1. The van der Waals surface area contributed by atoms with Crippen LogP contribution >= 0.6 is 11.3 Å². The molecular weight excluding hydrogens is 443 g/mol. The van der Waals surface area contributed by atoms with Gasteiger partial charge in [-0.2, -0.15) is 13.2 Å². The van der Waals surface area contributed by atoms with E-state index < -0.39 is 29.2 Å². The molecule has 1 fully saturated rings. The van der Waals surface area contributed by atoms with Crippen molar-refractivity contribution in [3.05, 3.63) is 70.7 Å². The van der Waals surface area contributed by atoms with Crippen molar-refractivity contribution in [2.24, 2.45) is 0 Å². The molecule has 0 spiro atoms. The van der Waals surface area contributed by atoms with Crippen LogP contribution in [0.2, 0.25) is 0 Å². The van der Waals surface area contributed by atoms with Crippen molar-refractivity contribution >= 4 is 23.3 Å². The molecule has 1 aliphatic rings. The molecule has 0 radical (unpaired) electrons. The number of halogens is 3. The molecule has 2 aromatic carbocycles. The summed E-state index contributed by atoms with van der Waals surface area (Å²) in [5, 5.41) is 4.95. The summed E-state index contributed by atoms with van der Waals surface area (Å²) in [7, 11) is 1.56. The maximum absolute atomic E-state index is 13.1. The first-order valence-corrected chi connectivity index (χ1v) is 10.4. The van der Waals surface area contributed by atoms with E-state index in [1.54, 1.807) is 18.6 Å². The smallest absolute Gasteiger partial charge is 0.416 e. The Labute approximate surface area is 185 Å². The minimum Gasteiger partial charge on any atom is -0.497 e. The Hall–Kier alpha value is -3.40. The number of carbonyl (C=O) groups is 2. The number of methoxy groups -OCH3 is 1. The normalized spacial score (nSPS) is 18.7. The van der Waals surface area contributed by atoms with Gasteiger partial charge in [-0.1, -0.05) is 24.3 Å². The molecule has 0 saturated carbocycles.